The van der Waals surface area contributed by atoms with E-state index in [0.717, 1.165) is 68.2 Å². The summed E-state index contributed by atoms with van der Waals surface area (Å²) in [5, 5.41) is 16.7. The highest BCUT2D eigenvalue weighted by atomic mass is 16.3. The Kier molecular flexibility index (Phi) is 5.79. The third kappa shape index (κ3) is 4.06. The summed E-state index contributed by atoms with van der Waals surface area (Å²) in [6.45, 7) is 7.89. The smallest absolute Gasteiger partial charge is 0.134 e. The summed E-state index contributed by atoms with van der Waals surface area (Å²) in [5.41, 5.74) is 1.06. The van der Waals surface area contributed by atoms with E-state index in [1.54, 1.807) is 0 Å². The molecule has 1 aliphatic carbocycles. The van der Waals surface area contributed by atoms with Gasteiger partial charge in [0.25, 0.3) is 0 Å². The molecule has 118 valence electrons. The van der Waals surface area contributed by atoms with E-state index in [1.165, 1.54) is 0 Å². The number of nitrogens with zero attached hydrogens (tertiary/aromatic N) is 2. The topological polar surface area (TPSA) is 70.1 Å². The van der Waals surface area contributed by atoms with Crippen molar-refractivity contribution in [3.8, 4) is 0 Å². The van der Waals surface area contributed by atoms with Crippen molar-refractivity contribution in [2.24, 2.45) is 5.92 Å². The zero-order valence-corrected chi connectivity index (χ0v) is 13.4. The average Bonchev–Trinajstić information content (AvgIpc) is 2.87. The van der Waals surface area contributed by atoms with Gasteiger partial charge in [0.15, 0.2) is 0 Å². The maximum Gasteiger partial charge on any atom is 0.134 e. The van der Waals surface area contributed by atoms with Crippen LogP contribution >= 0.6 is 0 Å². The van der Waals surface area contributed by atoms with Gasteiger partial charge < -0.3 is 15.7 Å². The second-order valence-electron chi connectivity index (χ2n) is 5.88. The van der Waals surface area contributed by atoms with Crippen molar-refractivity contribution < 1.29 is 5.11 Å². The highest BCUT2D eigenvalue weighted by molar-refractivity contribution is 5.57. The van der Waals surface area contributed by atoms with Gasteiger partial charge in [0.1, 0.15) is 17.5 Å². The summed E-state index contributed by atoms with van der Waals surface area (Å²) in [4.78, 5) is 9.24. The molecule has 5 nitrogen and oxygen atoms in total. The lowest BCUT2D eigenvalue weighted by Gasteiger charge is -2.18. The Morgan fingerprint density at radius 1 is 1.14 bits per heavy atom. The summed E-state index contributed by atoms with van der Waals surface area (Å²) >= 11 is 0. The minimum atomic E-state index is -0.164. The van der Waals surface area contributed by atoms with Crippen LogP contribution in [0.25, 0.3) is 0 Å². The number of rotatable bonds is 7. The summed E-state index contributed by atoms with van der Waals surface area (Å²) in [6, 6.07) is 0. The fourth-order valence-corrected chi connectivity index (χ4v) is 2.89. The molecule has 2 unspecified atom stereocenters. The molecule has 5 heteroatoms. The number of aliphatic hydroxyl groups is 1. The lowest BCUT2D eigenvalue weighted by Crippen LogP contribution is -2.23. The van der Waals surface area contributed by atoms with Crippen molar-refractivity contribution in [1.29, 1.82) is 0 Å². The van der Waals surface area contributed by atoms with E-state index in [9.17, 15) is 5.11 Å². The normalized spacial score (nSPS) is 21.5. The molecule has 1 heterocycles. The van der Waals surface area contributed by atoms with E-state index in [4.69, 9.17) is 0 Å². The van der Waals surface area contributed by atoms with Gasteiger partial charge in [0.2, 0.25) is 0 Å². The molecule has 1 aliphatic rings. The van der Waals surface area contributed by atoms with Gasteiger partial charge in [-0.15, -0.1) is 0 Å². The van der Waals surface area contributed by atoms with Crippen LogP contribution in [-0.2, 0) is 6.42 Å². The number of aliphatic hydroxyl groups excluding tert-OH is 1. The fourth-order valence-electron chi connectivity index (χ4n) is 2.89. The SMILES string of the molecule is CCCc1nc(NCC)c(C)c(NCC2CCCC2O)n1. The summed E-state index contributed by atoms with van der Waals surface area (Å²) in [5.74, 6) is 3.05. The fraction of sp³-hybridized carbons (Fsp3) is 0.750. The molecule has 21 heavy (non-hydrogen) atoms. The Hall–Kier alpha value is -1.36. The van der Waals surface area contributed by atoms with Gasteiger partial charge in [-0.1, -0.05) is 13.3 Å². The maximum absolute atomic E-state index is 9.93. The Balaban J connectivity index is 2.12. The van der Waals surface area contributed by atoms with Crippen LogP contribution in [0.15, 0.2) is 0 Å². The molecular formula is C16H28N4O. The predicted molar refractivity (Wildman–Crippen MR) is 86.8 cm³/mol. The molecule has 0 saturated heterocycles. The first-order valence-electron chi connectivity index (χ1n) is 8.19. The molecule has 1 aromatic rings. The molecule has 2 rings (SSSR count). The monoisotopic (exact) mass is 292 g/mol. The minimum Gasteiger partial charge on any atom is -0.393 e. The largest absolute Gasteiger partial charge is 0.393 e. The first kappa shape index (κ1) is 16.0. The number of hydrogen-bond acceptors (Lipinski definition) is 5. The zero-order chi connectivity index (χ0) is 15.2. The van der Waals surface area contributed by atoms with Crippen molar-refractivity contribution in [2.75, 3.05) is 23.7 Å². The number of hydrogen-bond donors (Lipinski definition) is 3. The van der Waals surface area contributed by atoms with E-state index < -0.39 is 0 Å². The van der Waals surface area contributed by atoms with Crippen LogP contribution in [-0.4, -0.2) is 34.3 Å². The van der Waals surface area contributed by atoms with Gasteiger partial charge in [0, 0.05) is 31.0 Å². The van der Waals surface area contributed by atoms with Crippen molar-refractivity contribution in [2.45, 2.75) is 59.0 Å². The van der Waals surface area contributed by atoms with Crippen LogP contribution in [0.4, 0.5) is 11.6 Å². The molecule has 0 bridgehead atoms. The number of aromatic nitrogens is 2. The first-order chi connectivity index (χ1) is 10.2. The van der Waals surface area contributed by atoms with Gasteiger partial charge in [-0.05, 0) is 33.1 Å². The quantitative estimate of drug-likeness (QED) is 0.721. The first-order valence-corrected chi connectivity index (χ1v) is 8.19. The van der Waals surface area contributed by atoms with Crippen LogP contribution in [0.3, 0.4) is 0 Å². The van der Waals surface area contributed by atoms with Crippen LogP contribution in [0.1, 0.15) is 50.9 Å². The molecule has 0 aromatic carbocycles. The van der Waals surface area contributed by atoms with Gasteiger partial charge in [-0.3, -0.25) is 0 Å². The molecule has 0 radical (unpaired) electrons. The van der Waals surface area contributed by atoms with Crippen LogP contribution in [0, 0.1) is 12.8 Å². The molecule has 0 aliphatic heterocycles. The predicted octanol–water partition coefficient (Wildman–Crippen LogP) is 2.74. The zero-order valence-electron chi connectivity index (χ0n) is 13.4. The van der Waals surface area contributed by atoms with Gasteiger partial charge in [-0.25, -0.2) is 9.97 Å². The van der Waals surface area contributed by atoms with Crippen molar-refractivity contribution >= 4 is 11.6 Å². The molecule has 1 saturated carbocycles. The van der Waals surface area contributed by atoms with E-state index in [0.29, 0.717) is 5.92 Å². The molecule has 1 aromatic heterocycles. The molecule has 3 N–H and O–H groups in total. The number of nitrogens with one attached hydrogen (secondary N) is 2. The van der Waals surface area contributed by atoms with Crippen LogP contribution in [0.5, 0.6) is 0 Å². The molecular weight excluding hydrogens is 264 g/mol. The molecule has 1 fully saturated rings. The lowest BCUT2D eigenvalue weighted by atomic mass is 10.1. The highest BCUT2D eigenvalue weighted by Crippen LogP contribution is 2.27. The second-order valence-corrected chi connectivity index (χ2v) is 5.88. The van der Waals surface area contributed by atoms with E-state index in [-0.39, 0.29) is 6.10 Å². The molecule has 0 spiro atoms. The average molecular weight is 292 g/mol. The van der Waals surface area contributed by atoms with E-state index in [2.05, 4.69) is 34.4 Å². The lowest BCUT2D eigenvalue weighted by molar-refractivity contribution is 0.138. The third-order valence-corrected chi connectivity index (χ3v) is 4.16. The molecule has 2 atom stereocenters. The van der Waals surface area contributed by atoms with Gasteiger partial charge in [0.05, 0.1) is 6.10 Å². The standard InChI is InChI=1S/C16H28N4O/c1-4-7-14-19-15(17-5-2)11(3)16(20-14)18-10-12-8-6-9-13(12)21/h12-13,21H,4-10H2,1-3H3,(H2,17,18,19,20). The van der Waals surface area contributed by atoms with Gasteiger partial charge in [-0.2, -0.15) is 0 Å². The second kappa shape index (κ2) is 7.59. The summed E-state index contributed by atoms with van der Waals surface area (Å²) in [7, 11) is 0. The summed E-state index contributed by atoms with van der Waals surface area (Å²) < 4.78 is 0. The summed E-state index contributed by atoms with van der Waals surface area (Å²) in [6.07, 6.45) is 4.91. The molecule has 0 amide bonds. The van der Waals surface area contributed by atoms with Crippen molar-refractivity contribution in [3.63, 3.8) is 0 Å². The Morgan fingerprint density at radius 2 is 1.86 bits per heavy atom. The third-order valence-electron chi connectivity index (χ3n) is 4.16. The Morgan fingerprint density at radius 3 is 2.43 bits per heavy atom. The Labute approximate surface area is 127 Å². The maximum atomic E-state index is 9.93. The van der Waals surface area contributed by atoms with E-state index in [1.807, 2.05) is 6.92 Å². The number of anilines is 2. The Bertz CT molecular complexity index is 464. The highest BCUT2D eigenvalue weighted by Gasteiger charge is 2.25. The van der Waals surface area contributed by atoms with E-state index >= 15 is 0 Å². The van der Waals surface area contributed by atoms with Crippen molar-refractivity contribution in [3.05, 3.63) is 11.4 Å². The number of aryl methyl sites for hydroxylation is 1. The van der Waals surface area contributed by atoms with Crippen LogP contribution < -0.4 is 10.6 Å². The van der Waals surface area contributed by atoms with Crippen LogP contribution in [0.2, 0.25) is 0 Å². The minimum absolute atomic E-state index is 0.164. The van der Waals surface area contributed by atoms with Gasteiger partial charge >= 0.3 is 0 Å². The van der Waals surface area contributed by atoms with Crippen molar-refractivity contribution in [1.82, 2.24) is 9.97 Å².